The summed E-state index contributed by atoms with van der Waals surface area (Å²) < 4.78 is 0. The highest BCUT2D eigenvalue weighted by Gasteiger charge is 2.27. The number of nitrogens with one attached hydrogen (secondary N) is 1. The molecule has 0 saturated carbocycles. The summed E-state index contributed by atoms with van der Waals surface area (Å²) in [5.74, 6) is 0.334. The molecule has 2 heterocycles. The van der Waals surface area contributed by atoms with E-state index in [0.717, 1.165) is 39.1 Å². The van der Waals surface area contributed by atoms with Crippen LogP contribution in [0.4, 0.5) is 0 Å². The molecule has 1 atom stereocenters. The number of nitrogens with zero attached hydrogens (tertiary/aromatic N) is 2. The molecule has 1 amide bonds. The average molecular weight is 239 g/mol. The first kappa shape index (κ1) is 12.8. The predicted octanol–water partition coefficient (Wildman–Crippen LogP) is 0.683. The van der Waals surface area contributed by atoms with Gasteiger partial charge in [0.1, 0.15) is 0 Å². The van der Waals surface area contributed by atoms with Crippen LogP contribution in [0, 0.1) is 0 Å². The fourth-order valence-electron chi connectivity index (χ4n) is 2.79. The molecule has 2 rings (SSSR count). The lowest BCUT2D eigenvalue weighted by atomic mass is 10.0. The van der Waals surface area contributed by atoms with E-state index in [2.05, 4.69) is 22.0 Å². The van der Waals surface area contributed by atoms with Crippen LogP contribution < -0.4 is 5.32 Å². The second-order valence-corrected chi connectivity index (χ2v) is 5.17. The van der Waals surface area contributed by atoms with E-state index in [9.17, 15) is 4.79 Å². The fourth-order valence-corrected chi connectivity index (χ4v) is 2.79. The van der Waals surface area contributed by atoms with E-state index in [0.29, 0.717) is 5.91 Å². The first-order chi connectivity index (χ1) is 8.31. The Morgan fingerprint density at radius 1 is 1.24 bits per heavy atom. The molecule has 0 aromatic heterocycles. The van der Waals surface area contributed by atoms with Gasteiger partial charge in [-0.2, -0.15) is 0 Å². The van der Waals surface area contributed by atoms with Crippen LogP contribution in [0.15, 0.2) is 0 Å². The summed E-state index contributed by atoms with van der Waals surface area (Å²) in [6, 6.07) is 0.0986. The molecule has 2 aliphatic rings. The van der Waals surface area contributed by atoms with E-state index < -0.39 is 0 Å². The highest BCUT2D eigenvalue weighted by atomic mass is 16.2. The van der Waals surface area contributed by atoms with Crippen LogP contribution in [-0.4, -0.2) is 61.0 Å². The zero-order valence-electron chi connectivity index (χ0n) is 11.0. The first-order valence-electron chi connectivity index (χ1n) is 7.06. The summed E-state index contributed by atoms with van der Waals surface area (Å²) in [6.45, 7) is 8.31. The van der Waals surface area contributed by atoms with Crippen molar-refractivity contribution in [1.82, 2.24) is 15.1 Å². The number of piperazine rings is 1. The number of hydrogen-bond donors (Lipinski definition) is 1. The smallest absolute Gasteiger partial charge is 0.239 e. The van der Waals surface area contributed by atoms with Gasteiger partial charge in [0.2, 0.25) is 5.91 Å². The Kier molecular flexibility index (Phi) is 4.80. The lowest BCUT2D eigenvalue weighted by Crippen LogP contribution is -2.55. The lowest BCUT2D eigenvalue weighted by Gasteiger charge is -2.37. The molecule has 0 aromatic carbocycles. The average Bonchev–Trinajstić information content (AvgIpc) is 2.40. The molecule has 0 spiro atoms. The van der Waals surface area contributed by atoms with E-state index in [1.807, 2.05) is 0 Å². The summed E-state index contributed by atoms with van der Waals surface area (Å²) in [7, 11) is 0. The van der Waals surface area contributed by atoms with Crippen molar-refractivity contribution in [3.8, 4) is 0 Å². The van der Waals surface area contributed by atoms with Crippen molar-refractivity contribution < 1.29 is 4.79 Å². The Morgan fingerprint density at radius 3 is 2.59 bits per heavy atom. The van der Waals surface area contributed by atoms with Crippen molar-refractivity contribution in [2.24, 2.45) is 0 Å². The second kappa shape index (κ2) is 6.36. The summed E-state index contributed by atoms with van der Waals surface area (Å²) in [5.41, 5.74) is 0. The quantitative estimate of drug-likeness (QED) is 0.787. The molecule has 0 aliphatic carbocycles. The van der Waals surface area contributed by atoms with Gasteiger partial charge in [0.15, 0.2) is 0 Å². The van der Waals surface area contributed by atoms with Crippen molar-refractivity contribution in [3.05, 3.63) is 0 Å². The van der Waals surface area contributed by atoms with Crippen LogP contribution >= 0.6 is 0 Å². The van der Waals surface area contributed by atoms with Gasteiger partial charge in [0.05, 0.1) is 6.04 Å². The van der Waals surface area contributed by atoms with Gasteiger partial charge in [-0.15, -0.1) is 0 Å². The van der Waals surface area contributed by atoms with Gasteiger partial charge in [-0.1, -0.05) is 13.3 Å². The molecular weight excluding hydrogens is 214 g/mol. The molecule has 1 N–H and O–H groups in total. The van der Waals surface area contributed by atoms with Gasteiger partial charge in [0, 0.05) is 26.2 Å². The maximum absolute atomic E-state index is 12.3. The third-order valence-corrected chi connectivity index (χ3v) is 3.83. The fraction of sp³-hybridized carbons (Fsp3) is 0.923. The predicted molar refractivity (Wildman–Crippen MR) is 69.0 cm³/mol. The summed E-state index contributed by atoms with van der Waals surface area (Å²) in [4.78, 5) is 16.8. The van der Waals surface area contributed by atoms with Crippen molar-refractivity contribution in [3.63, 3.8) is 0 Å². The molecule has 98 valence electrons. The van der Waals surface area contributed by atoms with E-state index in [4.69, 9.17) is 0 Å². The molecule has 4 nitrogen and oxygen atoms in total. The van der Waals surface area contributed by atoms with Crippen LogP contribution in [0.5, 0.6) is 0 Å². The Balaban J connectivity index is 1.77. The third-order valence-electron chi connectivity index (χ3n) is 3.83. The highest BCUT2D eigenvalue weighted by molar-refractivity contribution is 5.82. The maximum atomic E-state index is 12.3. The van der Waals surface area contributed by atoms with Gasteiger partial charge >= 0.3 is 0 Å². The second-order valence-electron chi connectivity index (χ2n) is 5.17. The monoisotopic (exact) mass is 239 g/mol. The number of hydrogen-bond acceptors (Lipinski definition) is 3. The molecule has 0 aromatic rings. The van der Waals surface area contributed by atoms with Gasteiger partial charge in [-0.25, -0.2) is 0 Å². The number of rotatable bonds is 3. The van der Waals surface area contributed by atoms with E-state index in [-0.39, 0.29) is 6.04 Å². The largest absolute Gasteiger partial charge is 0.339 e. The zero-order chi connectivity index (χ0) is 12.1. The summed E-state index contributed by atoms with van der Waals surface area (Å²) in [6.07, 6.45) is 4.64. The molecule has 2 aliphatic heterocycles. The number of piperidine rings is 1. The molecule has 4 heteroatoms. The van der Waals surface area contributed by atoms with E-state index >= 15 is 0 Å². The highest BCUT2D eigenvalue weighted by Crippen LogP contribution is 2.11. The van der Waals surface area contributed by atoms with Crippen molar-refractivity contribution in [1.29, 1.82) is 0 Å². The minimum atomic E-state index is 0.0986. The lowest BCUT2D eigenvalue weighted by molar-refractivity contribution is -0.135. The van der Waals surface area contributed by atoms with Gasteiger partial charge < -0.3 is 10.2 Å². The third kappa shape index (κ3) is 3.42. The molecule has 0 radical (unpaired) electrons. The Labute approximate surface area is 104 Å². The maximum Gasteiger partial charge on any atom is 0.239 e. The number of amides is 1. The minimum absolute atomic E-state index is 0.0986. The van der Waals surface area contributed by atoms with Gasteiger partial charge in [-0.3, -0.25) is 9.69 Å². The molecule has 0 bridgehead atoms. The molecule has 17 heavy (non-hydrogen) atoms. The standard InChI is InChI=1S/C13H25N3O/c1-2-7-15-8-10-16(11-9-15)13(17)12-5-3-4-6-14-12/h12,14H,2-11H2,1H3. The zero-order valence-corrected chi connectivity index (χ0v) is 11.0. The van der Waals surface area contributed by atoms with E-state index in [1.54, 1.807) is 0 Å². The topological polar surface area (TPSA) is 35.6 Å². The van der Waals surface area contributed by atoms with Crippen molar-refractivity contribution in [2.45, 2.75) is 38.6 Å². The van der Waals surface area contributed by atoms with Crippen LogP contribution in [-0.2, 0) is 4.79 Å². The van der Waals surface area contributed by atoms with E-state index in [1.165, 1.54) is 25.8 Å². The summed E-state index contributed by atoms with van der Waals surface area (Å²) >= 11 is 0. The van der Waals surface area contributed by atoms with Crippen molar-refractivity contribution in [2.75, 3.05) is 39.3 Å². The molecule has 1 unspecified atom stereocenters. The number of carbonyl (C=O) groups excluding carboxylic acids is 1. The SMILES string of the molecule is CCCN1CCN(C(=O)C2CCCCN2)CC1. The van der Waals surface area contributed by atoms with Gasteiger partial charge in [-0.05, 0) is 32.4 Å². The van der Waals surface area contributed by atoms with Crippen molar-refractivity contribution >= 4 is 5.91 Å². The van der Waals surface area contributed by atoms with Crippen LogP contribution in [0.2, 0.25) is 0 Å². The molecule has 2 saturated heterocycles. The summed E-state index contributed by atoms with van der Waals surface area (Å²) in [5, 5.41) is 3.35. The van der Waals surface area contributed by atoms with Crippen LogP contribution in [0.3, 0.4) is 0 Å². The Morgan fingerprint density at radius 2 is 2.00 bits per heavy atom. The Bertz CT molecular complexity index is 243. The van der Waals surface area contributed by atoms with Gasteiger partial charge in [0.25, 0.3) is 0 Å². The number of carbonyl (C=O) groups is 1. The molecular formula is C13H25N3O. The molecule has 2 fully saturated rings. The Hall–Kier alpha value is -0.610. The first-order valence-corrected chi connectivity index (χ1v) is 7.06. The minimum Gasteiger partial charge on any atom is -0.339 e. The van der Waals surface area contributed by atoms with Crippen LogP contribution in [0.1, 0.15) is 32.6 Å². The van der Waals surface area contributed by atoms with Crippen LogP contribution in [0.25, 0.3) is 0 Å². The normalized spacial score (nSPS) is 27.1.